The number of ether oxygens (including phenoxy) is 1. The van der Waals surface area contributed by atoms with Crippen molar-refractivity contribution in [2.75, 3.05) is 19.1 Å². The summed E-state index contributed by atoms with van der Waals surface area (Å²) >= 11 is 5.34. The van der Waals surface area contributed by atoms with Crippen molar-refractivity contribution >= 4 is 31.3 Å². The van der Waals surface area contributed by atoms with E-state index in [0.29, 0.717) is 6.61 Å². The van der Waals surface area contributed by atoms with Gasteiger partial charge in [-0.1, -0.05) is 0 Å². The van der Waals surface area contributed by atoms with Gasteiger partial charge in [0, 0.05) is 23.2 Å². The van der Waals surface area contributed by atoms with Crippen molar-refractivity contribution in [3.05, 3.63) is 0 Å². The summed E-state index contributed by atoms with van der Waals surface area (Å²) in [5.74, 6) is -0.0359. The molecular weight excluding hydrogens is 211 g/mol. The Labute approximate surface area is 76.0 Å². The number of halogens is 2. The molecule has 0 aliphatic heterocycles. The second-order valence-electron chi connectivity index (χ2n) is 1.91. The van der Waals surface area contributed by atoms with Gasteiger partial charge in [0.15, 0.2) is 0 Å². The maximum absolute atomic E-state index is 10.7. The van der Waals surface area contributed by atoms with Crippen molar-refractivity contribution in [3.63, 3.8) is 0 Å². The minimum Gasteiger partial charge on any atom is -0.380 e. The summed E-state index contributed by atoms with van der Waals surface area (Å²) in [6.07, 6.45) is 0. The molecule has 0 radical (unpaired) electrons. The van der Waals surface area contributed by atoms with E-state index in [-0.39, 0.29) is 12.5 Å². The van der Waals surface area contributed by atoms with Crippen LogP contribution in [0.25, 0.3) is 0 Å². The van der Waals surface area contributed by atoms with Gasteiger partial charge in [-0.05, 0) is 6.92 Å². The molecule has 0 aromatic carbocycles. The zero-order valence-corrected chi connectivity index (χ0v) is 8.42. The highest BCUT2D eigenvalue weighted by molar-refractivity contribution is 8.14. The second-order valence-corrected chi connectivity index (χ2v) is 5.13. The van der Waals surface area contributed by atoms with Crippen LogP contribution in [0.5, 0.6) is 0 Å². The molecular formula is C5H10Cl2O3S. The smallest absolute Gasteiger partial charge is 0.238 e. The predicted molar refractivity (Wildman–Crippen MR) is 45.8 cm³/mol. The summed E-state index contributed by atoms with van der Waals surface area (Å²) in [6, 6.07) is 0. The lowest BCUT2D eigenvalue weighted by Gasteiger charge is -2.08. The van der Waals surface area contributed by atoms with Crippen molar-refractivity contribution in [3.8, 4) is 0 Å². The zero-order chi connectivity index (χ0) is 8.91. The fourth-order valence-corrected chi connectivity index (χ4v) is 1.98. The zero-order valence-electron chi connectivity index (χ0n) is 6.09. The van der Waals surface area contributed by atoms with E-state index in [9.17, 15) is 8.42 Å². The van der Waals surface area contributed by atoms with Crippen molar-refractivity contribution < 1.29 is 13.2 Å². The summed E-state index contributed by atoms with van der Waals surface area (Å²) in [5, 5.41) is -0.800. The Balaban J connectivity index is 3.97. The molecule has 0 aromatic heterocycles. The van der Waals surface area contributed by atoms with Crippen LogP contribution < -0.4 is 0 Å². The Kier molecular flexibility index (Phi) is 5.42. The molecule has 0 bridgehead atoms. The van der Waals surface area contributed by atoms with Gasteiger partial charge >= 0.3 is 0 Å². The fourth-order valence-electron chi connectivity index (χ4n) is 0.450. The highest BCUT2D eigenvalue weighted by Gasteiger charge is 2.21. The van der Waals surface area contributed by atoms with Crippen LogP contribution >= 0.6 is 22.3 Å². The average Bonchev–Trinajstić information content (AvgIpc) is 1.87. The minimum absolute atomic E-state index is 0.0359. The van der Waals surface area contributed by atoms with E-state index in [1.807, 2.05) is 0 Å². The van der Waals surface area contributed by atoms with E-state index in [4.69, 9.17) is 27.0 Å². The first-order valence-electron chi connectivity index (χ1n) is 3.09. The molecule has 0 rings (SSSR count). The topological polar surface area (TPSA) is 43.4 Å². The van der Waals surface area contributed by atoms with Gasteiger partial charge in [-0.15, -0.1) is 11.6 Å². The van der Waals surface area contributed by atoms with E-state index in [1.165, 1.54) is 0 Å². The lowest BCUT2D eigenvalue weighted by atomic mass is 10.5. The molecule has 0 heterocycles. The quantitative estimate of drug-likeness (QED) is 0.517. The average molecular weight is 221 g/mol. The summed E-state index contributed by atoms with van der Waals surface area (Å²) in [7, 11) is 1.47. The van der Waals surface area contributed by atoms with Crippen molar-refractivity contribution in [1.82, 2.24) is 0 Å². The lowest BCUT2D eigenvalue weighted by Crippen LogP contribution is -2.24. The predicted octanol–water partition coefficient (Wildman–Crippen LogP) is 1.20. The van der Waals surface area contributed by atoms with Gasteiger partial charge in [0.05, 0.1) is 6.61 Å². The Hall–Kier alpha value is 0.490. The van der Waals surface area contributed by atoms with Crippen LogP contribution in [0.2, 0.25) is 0 Å². The van der Waals surface area contributed by atoms with Crippen LogP contribution in [0.15, 0.2) is 0 Å². The van der Waals surface area contributed by atoms with E-state index < -0.39 is 14.3 Å². The SMILES string of the molecule is CCOCC(CCl)S(=O)(=O)Cl. The summed E-state index contributed by atoms with van der Waals surface area (Å²) in [6.45, 7) is 2.29. The molecule has 0 saturated heterocycles. The van der Waals surface area contributed by atoms with E-state index in [0.717, 1.165) is 0 Å². The van der Waals surface area contributed by atoms with Gasteiger partial charge < -0.3 is 4.74 Å². The minimum atomic E-state index is -3.57. The first kappa shape index (κ1) is 11.5. The Morgan fingerprint density at radius 3 is 2.36 bits per heavy atom. The molecule has 0 amide bonds. The van der Waals surface area contributed by atoms with E-state index in [1.54, 1.807) is 6.92 Å². The molecule has 3 nitrogen and oxygen atoms in total. The van der Waals surface area contributed by atoms with Gasteiger partial charge in [0.25, 0.3) is 0 Å². The van der Waals surface area contributed by atoms with Crippen molar-refractivity contribution in [2.24, 2.45) is 0 Å². The standard InChI is InChI=1S/C5H10Cl2O3S/c1-2-10-4-5(3-6)11(7,8)9/h5H,2-4H2,1H3. The number of hydrogen-bond donors (Lipinski definition) is 0. The van der Waals surface area contributed by atoms with Gasteiger partial charge in [-0.2, -0.15) is 0 Å². The third-order valence-corrected chi connectivity index (χ3v) is 3.49. The molecule has 68 valence electrons. The van der Waals surface area contributed by atoms with Crippen LogP contribution in [0.4, 0.5) is 0 Å². The summed E-state index contributed by atoms with van der Waals surface area (Å²) in [5.41, 5.74) is 0. The molecule has 0 aliphatic rings. The maximum atomic E-state index is 10.7. The largest absolute Gasteiger partial charge is 0.380 e. The molecule has 11 heavy (non-hydrogen) atoms. The lowest BCUT2D eigenvalue weighted by molar-refractivity contribution is 0.150. The normalized spacial score (nSPS) is 14.8. The maximum Gasteiger partial charge on any atom is 0.238 e. The van der Waals surface area contributed by atoms with Gasteiger partial charge in [-0.25, -0.2) is 8.42 Å². The van der Waals surface area contributed by atoms with E-state index >= 15 is 0 Å². The van der Waals surface area contributed by atoms with Gasteiger partial charge in [-0.3, -0.25) is 0 Å². The first-order valence-corrected chi connectivity index (χ1v) is 6.00. The molecule has 1 atom stereocenters. The van der Waals surface area contributed by atoms with Crippen LogP contribution in [-0.2, 0) is 13.8 Å². The molecule has 0 aromatic rings. The van der Waals surface area contributed by atoms with Crippen molar-refractivity contribution in [2.45, 2.75) is 12.2 Å². The summed E-state index contributed by atoms with van der Waals surface area (Å²) < 4.78 is 26.2. The first-order chi connectivity index (χ1) is 5.02. The highest BCUT2D eigenvalue weighted by atomic mass is 35.7. The Bertz CT molecular complexity index is 190. The molecule has 0 N–H and O–H groups in total. The fraction of sp³-hybridized carbons (Fsp3) is 1.00. The summed E-state index contributed by atoms with van der Waals surface area (Å²) in [4.78, 5) is 0. The van der Waals surface area contributed by atoms with Gasteiger partial charge in [0.2, 0.25) is 9.05 Å². The monoisotopic (exact) mass is 220 g/mol. The molecule has 6 heteroatoms. The third-order valence-electron chi connectivity index (χ3n) is 1.08. The number of rotatable bonds is 5. The van der Waals surface area contributed by atoms with Gasteiger partial charge in [0.1, 0.15) is 5.25 Å². The molecule has 0 saturated carbocycles. The number of hydrogen-bond acceptors (Lipinski definition) is 3. The van der Waals surface area contributed by atoms with Crippen LogP contribution in [0.3, 0.4) is 0 Å². The highest BCUT2D eigenvalue weighted by Crippen LogP contribution is 2.09. The Morgan fingerprint density at radius 2 is 2.09 bits per heavy atom. The molecule has 1 unspecified atom stereocenters. The van der Waals surface area contributed by atoms with E-state index in [2.05, 4.69) is 0 Å². The van der Waals surface area contributed by atoms with Crippen LogP contribution in [0, 0.1) is 0 Å². The van der Waals surface area contributed by atoms with Crippen molar-refractivity contribution in [1.29, 1.82) is 0 Å². The van der Waals surface area contributed by atoms with Crippen LogP contribution in [-0.4, -0.2) is 32.8 Å². The third kappa shape index (κ3) is 4.85. The second kappa shape index (κ2) is 5.19. The van der Waals surface area contributed by atoms with Crippen LogP contribution in [0.1, 0.15) is 6.92 Å². The molecule has 0 fully saturated rings. The molecule has 0 aliphatic carbocycles. The number of alkyl halides is 1. The molecule has 0 spiro atoms. The Morgan fingerprint density at radius 1 is 1.55 bits per heavy atom.